The van der Waals surface area contributed by atoms with Crippen molar-refractivity contribution in [3.8, 4) is 0 Å². The molecule has 4 nitrogen and oxygen atoms in total. The SMILES string of the molecule is CCN(CCO)c1ccc(NC(=O)CCCCl)cc1. The minimum Gasteiger partial charge on any atom is -0.395 e. The molecular weight excluding hydrogens is 264 g/mol. The zero-order valence-corrected chi connectivity index (χ0v) is 12.0. The Labute approximate surface area is 119 Å². The first kappa shape index (κ1) is 15.8. The number of amides is 1. The van der Waals surface area contributed by atoms with Crippen LogP contribution in [0, 0.1) is 0 Å². The van der Waals surface area contributed by atoms with Gasteiger partial charge in [0.2, 0.25) is 5.91 Å². The van der Waals surface area contributed by atoms with Gasteiger partial charge in [0, 0.05) is 36.8 Å². The number of carbonyl (C=O) groups is 1. The first-order valence-corrected chi connectivity index (χ1v) is 7.06. The molecule has 0 heterocycles. The number of benzene rings is 1. The van der Waals surface area contributed by atoms with Gasteiger partial charge in [-0.15, -0.1) is 11.6 Å². The van der Waals surface area contributed by atoms with E-state index in [1.807, 2.05) is 31.2 Å². The lowest BCUT2D eigenvalue weighted by Crippen LogP contribution is -2.26. The lowest BCUT2D eigenvalue weighted by Gasteiger charge is -2.22. The van der Waals surface area contributed by atoms with Gasteiger partial charge in [0.1, 0.15) is 0 Å². The number of hydrogen-bond acceptors (Lipinski definition) is 3. The first-order chi connectivity index (χ1) is 9.21. The van der Waals surface area contributed by atoms with Gasteiger partial charge in [-0.05, 0) is 37.6 Å². The van der Waals surface area contributed by atoms with E-state index in [0.29, 0.717) is 25.3 Å². The molecule has 0 bridgehead atoms. The number of nitrogens with zero attached hydrogens (tertiary/aromatic N) is 1. The minimum atomic E-state index is -0.0175. The number of halogens is 1. The molecule has 1 rings (SSSR count). The zero-order chi connectivity index (χ0) is 14.1. The third kappa shape index (κ3) is 5.49. The van der Waals surface area contributed by atoms with Gasteiger partial charge in [-0.3, -0.25) is 4.79 Å². The Kier molecular flexibility index (Phi) is 7.30. The van der Waals surface area contributed by atoms with Crippen molar-refractivity contribution in [3.05, 3.63) is 24.3 Å². The second kappa shape index (κ2) is 8.77. The Morgan fingerprint density at radius 2 is 2.05 bits per heavy atom. The monoisotopic (exact) mass is 284 g/mol. The summed E-state index contributed by atoms with van der Waals surface area (Å²) >= 11 is 5.54. The molecule has 0 aliphatic carbocycles. The number of carbonyl (C=O) groups excluding carboxylic acids is 1. The number of hydrogen-bond donors (Lipinski definition) is 2. The summed E-state index contributed by atoms with van der Waals surface area (Å²) in [5.41, 5.74) is 1.82. The minimum absolute atomic E-state index is 0.0175. The van der Waals surface area contributed by atoms with Gasteiger partial charge in [0.25, 0.3) is 0 Å². The lowest BCUT2D eigenvalue weighted by atomic mass is 10.2. The molecule has 1 aromatic rings. The molecule has 0 unspecified atom stereocenters. The molecule has 1 aromatic carbocycles. The summed E-state index contributed by atoms with van der Waals surface area (Å²) in [6, 6.07) is 7.62. The number of aliphatic hydroxyl groups is 1. The molecule has 0 fully saturated rings. The van der Waals surface area contributed by atoms with Gasteiger partial charge in [-0.1, -0.05) is 0 Å². The third-order valence-electron chi connectivity index (χ3n) is 2.81. The van der Waals surface area contributed by atoms with Gasteiger partial charge in [0.05, 0.1) is 6.61 Å². The van der Waals surface area contributed by atoms with E-state index in [2.05, 4.69) is 10.2 Å². The van der Waals surface area contributed by atoms with Crippen molar-refractivity contribution in [2.45, 2.75) is 19.8 Å². The van der Waals surface area contributed by atoms with Crippen LogP contribution >= 0.6 is 11.6 Å². The molecule has 106 valence electrons. The summed E-state index contributed by atoms with van der Waals surface area (Å²) in [7, 11) is 0. The van der Waals surface area contributed by atoms with Crippen LogP contribution in [0.5, 0.6) is 0 Å². The molecule has 0 aliphatic heterocycles. The van der Waals surface area contributed by atoms with Crippen molar-refractivity contribution >= 4 is 28.9 Å². The van der Waals surface area contributed by atoms with E-state index in [4.69, 9.17) is 16.7 Å². The van der Waals surface area contributed by atoms with Crippen LogP contribution in [0.15, 0.2) is 24.3 Å². The average molecular weight is 285 g/mol. The summed E-state index contributed by atoms with van der Waals surface area (Å²) in [5, 5.41) is 11.8. The zero-order valence-electron chi connectivity index (χ0n) is 11.2. The summed E-state index contributed by atoms with van der Waals surface area (Å²) < 4.78 is 0. The van der Waals surface area contributed by atoms with E-state index in [9.17, 15) is 4.79 Å². The predicted molar refractivity (Wildman–Crippen MR) is 80.0 cm³/mol. The van der Waals surface area contributed by atoms with Crippen molar-refractivity contribution in [1.29, 1.82) is 0 Å². The first-order valence-electron chi connectivity index (χ1n) is 6.53. The summed E-state index contributed by atoms with van der Waals surface area (Å²) in [6.45, 7) is 3.61. The molecule has 0 atom stereocenters. The van der Waals surface area contributed by atoms with Gasteiger partial charge < -0.3 is 15.3 Å². The number of rotatable bonds is 8. The number of aliphatic hydroxyl groups excluding tert-OH is 1. The number of nitrogens with one attached hydrogen (secondary N) is 1. The molecule has 1 amide bonds. The highest BCUT2D eigenvalue weighted by atomic mass is 35.5. The van der Waals surface area contributed by atoms with E-state index >= 15 is 0 Å². The standard InChI is InChI=1S/C14H21ClN2O2/c1-2-17(10-11-18)13-7-5-12(6-8-13)16-14(19)4-3-9-15/h5-8,18H,2-4,9-11H2,1H3,(H,16,19). The molecule has 0 spiro atoms. The van der Waals surface area contributed by atoms with E-state index in [1.165, 1.54) is 0 Å². The van der Waals surface area contributed by atoms with Crippen LogP contribution in [0.4, 0.5) is 11.4 Å². The van der Waals surface area contributed by atoms with Gasteiger partial charge in [-0.25, -0.2) is 0 Å². The Morgan fingerprint density at radius 3 is 2.58 bits per heavy atom. The fourth-order valence-electron chi connectivity index (χ4n) is 1.80. The van der Waals surface area contributed by atoms with Gasteiger partial charge >= 0.3 is 0 Å². The third-order valence-corrected chi connectivity index (χ3v) is 3.07. The van der Waals surface area contributed by atoms with Crippen molar-refractivity contribution in [3.63, 3.8) is 0 Å². The van der Waals surface area contributed by atoms with Gasteiger partial charge in [0.15, 0.2) is 0 Å². The van der Waals surface area contributed by atoms with Crippen molar-refractivity contribution in [2.24, 2.45) is 0 Å². The summed E-state index contributed by atoms with van der Waals surface area (Å²) in [5.74, 6) is 0.481. The van der Waals surface area contributed by atoms with E-state index in [1.54, 1.807) is 0 Å². The molecule has 2 N–H and O–H groups in total. The summed E-state index contributed by atoms with van der Waals surface area (Å²) in [4.78, 5) is 13.6. The second-order valence-electron chi connectivity index (χ2n) is 4.19. The largest absolute Gasteiger partial charge is 0.395 e. The van der Waals surface area contributed by atoms with E-state index in [-0.39, 0.29) is 12.5 Å². The second-order valence-corrected chi connectivity index (χ2v) is 4.57. The Balaban J connectivity index is 2.58. The molecule has 0 aromatic heterocycles. The molecule has 0 saturated carbocycles. The van der Waals surface area contributed by atoms with Crippen LogP contribution in [0.3, 0.4) is 0 Å². The van der Waals surface area contributed by atoms with Crippen LogP contribution in [0.25, 0.3) is 0 Å². The number of anilines is 2. The van der Waals surface area contributed by atoms with E-state index in [0.717, 1.165) is 17.9 Å². The quantitative estimate of drug-likeness (QED) is 0.721. The maximum atomic E-state index is 11.5. The van der Waals surface area contributed by atoms with Crippen LogP contribution in [-0.4, -0.2) is 36.6 Å². The van der Waals surface area contributed by atoms with Crippen molar-refractivity contribution < 1.29 is 9.90 Å². The number of alkyl halides is 1. The van der Waals surface area contributed by atoms with Crippen molar-refractivity contribution in [1.82, 2.24) is 0 Å². The highest BCUT2D eigenvalue weighted by Gasteiger charge is 2.05. The molecule has 0 radical (unpaired) electrons. The van der Waals surface area contributed by atoms with E-state index < -0.39 is 0 Å². The molecule has 5 heteroatoms. The fraction of sp³-hybridized carbons (Fsp3) is 0.500. The maximum Gasteiger partial charge on any atom is 0.224 e. The Hall–Kier alpha value is -1.26. The predicted octanol–water partition coefficient (Wildman–Crippen LogP) is 2.46. The fourth-order valence-corrected chi connectivity index (χ4v) is 1.93. The van der Waals surface area contributed by atoms with Crippen LogP contribution < -0.4 is 10.2 Å². The molecule has 0 saturated heterocycles. The van der Waals surface area contributed by atoms with Crippen molar-refractivity contribution in [2.75, 3.05) is 35.8 Å². The Morgan fingerprint density at radius 1 is 1.37 bits per heavy atom. The molecule has 0 aliphatic rings. The Bertz CT molecular complexity index is 382. The lowest BCUT2D eigenvalue weighted by molar-refractivity contribution is -0.116. The van der Waals surface area contributed by atoms with Crippen LogP contribution in [0.1, 0.15) is 19.8 Å². The molecular formula is C14H21ClN2O2. The van der Waals surface area contributed by atoms with Crippen LogP contribution in [-0.2, 0) is 4.79 Å². The smallest absolute Gasteiger partial charge is 0.224 e. The average Bonchev–Trinajstić information content (AvgIpc) is 2.43. The summed E-state index contributed by atoms with van der Waals surface area (Å²) in [6.07, 6.45) is 1.13. The topological polar surface area (TPSA) is 52.6 Å². The highest BCUT2D eigenvalue weighted by molar-refractivity contribution is 6.18. The highest BCUT2D eigenvalue weighted by Crippen LogP contribution is 2.17. The van der Waals surface area contributed by atoms with Gasteiger partial charge in [-0.2, -0.15) is 0 Å². The normalized spacial score (nSPS) is 10.3. The number of likely N-dealkylation sites (N-methyl/N-ethyl adjacent to an activating group) is 1. The molecule has 19 heavy (non-hydrogen) atoms. The maximum absolute atomic E-state index is 11.5. The van der Waals surface area contributed by atoms with Crippen LogP contribution in [0.2, 0.25) is 0 Å².